The normalized spacial score (nSPS) is 10.7. The van der Waals surface area contributed by atoms with Gasteiger partial charge in [0.15, 0.2) is 0 Å². The Bertz CT molecular complexity index is 1070. The lowest BCUT2D eigenvalue weighted by Crippen LogP contribution is -2.14. The number of carbonyl (C=O) groups is 3. The summed E-state index contributed by atoms with van der Waals surface area (Å²) in [6.07, 6.45) is 3.57. The standard InChI is InChI=1S/C18H17N3O5S/c1-9-8-21-6-5-11(7-12(21)19-9)15(22)20-16-13(17(23)25-3)10(2)14(27-16)18(24)26-4/h5-8H,1-4H3,(H,20,22). The van der Waals surface area contributed by atoms with Crippen LogP contribution in [0.5, 0.6) is 0 Å². The molecule has 3 heterocycles. The molecule has 8 nitrogen and oxygen atoms in total. The number of carbonyl (C=O) groups excluding carboxylic acids is 3. The van der Waals surface area contributed by atoms with E-state index in [-0.39, 0.29) is 15.4 Å². The molecule has 0 unspecified atom stereocenters. The molecule has 0 fully saturated rings. The topological polar surface area (TPSA) is 99.0 Å². The number of hydrogen-bond donors (Lipinski definition) is 1. The number of imidazole rings is 1. The minimum Gasteiger partial charge on any atom is -0.465 e. The highest BCUT2D eigenvalue weighted by Gasteiger charge is 2.27. The number of methoxy groups -OCH3 is 2. The molecule has 0 aliphatic carbocycles. The molecule has 0 spiro atoms. The Morgan fingerprint density at radius 3 is 2.52 bits per heavy atom. The summed E-state index contributed by atoms with van der Waals surface area (Å²) in [6, 6.07) is 3.28. The second kappa shape index (κ2) is 7.20. The van der Waals surface area contributed by atoms with Crippen LogP contribution in [0.2, 0.25) is 0 Å². The number of nitrogens with zero attached hydrogens (tertiary/aromatic N) is 2. The number of aryl methyl sites for hydroxylation is 1. The van der Waals surface area contributed by atoms with Gasteiger partial charge >= 0.3 is 11.9 Å². The van der Waals surface area contributed by atoms with Crippen molar-refractivity contribution >= 4 is 39.8 Å². The minimum absolute atomic E-state index is 0.133. The molecule has 0 aromatic carbocycles. The van der Waals surface area contributed by atoms with E-state index in [1.54, 1.807) is 29.7 Å². The number of nitrogens with one attached hydrogen (secondary N) is 1. The largest absolute Gasteiger partial charge is 0.465 e. The molecule has 3 aromatic heterocycles. The van der Waals surface area contributed by atoms with E-state index in [0.29, 0.717) is 16.8 Å². The molecule has 1 amide bonds. The molecule has 0 atom stereocenters. The van der Waals surface area contributed by atoms with Gasteiger partial charge in [-0.1, -0.05) is 0 Å². The van der Waals surface area contributed by atoms with Gasteiger partial charge in [-0.25, -0.2) is 14.6 Å². The predicted molar refractivity (Wildman–Crippen MR) is 99.6 cm³/mol. The fourth-order valence-corrected chi connectivity index (χ4v) is 3.77. The third-order valence-electron chi connectivity index (χ3n) is 3.98. The van der Waals surface area contributed by atoms with Crippen LogP contribution in [0.25, 0.3) is 5.65 Å². The smallest absolute Gasteiger partial charge is 0.348 e. The minimum atomic E-state index is -0.645. The van der Waals surface area contributed by atoms with Gasteiger partial charge in [0.25, 0.3) is 5.91 Å². The van der Waals surface area contributed by atoms with Gasteiger partial charge in [0.05, 0.1) is 25.5 Å². The number of esters is 2. The second-order valence-electron chi connectivity index (χ2n) is 5.76. The lowest BCUT2D eigenvalue weighted by atomic mass is 10.1. The molecule has 3 rings (SSSR count). The Morgan fingerprint density at radius 2 is 1.85 bits per heavy atom. The summed E-state index contributed by atoms with van der Waals surface area (Å²) in [6.45, 7) is 3.46. The lowest BCUT2D eigenvalue weighted by molar-refractivity contribution is 0.0601. The molecule has 140 valence electrons. The van der Waals surface area contributed by atoms with Crippen LogP contribution in [0, 0.1) is 13.8 Å². The predicted octanol–water partition coefficient (Wildman–Crippen LogP) is 2.84. The number of aromatic nitrogens is 2. The van der Waals surface area contributed by atoms with E-state index < -0.39 is 17.8 Å². The van der Waals surface area contributed by atoms with Crippen LogP contribution in [-0.2, 0) is 9.47 Å². The number of anilines is 1. The highest BCUT2D eigenvalue weighted by Crippen LogP contribution is 2.34. The van der Waals surface area contributed by atoms with Crippen LogP contribution in [0.15, 0.2) is 24.5 Å². The third kappa shape index (κ3) is 3.41. The van der Waals surface area contributed by atoms with Gasteiger partial charge < -0.3 is 19.2 Å². The fraction of sp³-hybridized carbons (Fsp3) is 0.222. The summed E-state index contributed by atoms with van der Waals surface area (Å²) >= 11 is 0.965. The first-order valence-corrected chi connectivity index (χ1v) is 8.74. The van der Waals surface area contributed by atoms with Crippen molar-refractivity contribution in [2.75, 3.05) is 19.5 Å². The Morgan fingerprint density at radius 1 is 1.15 bits per heavy atom. The van der Waals surface area contributed by atoms with E-state index in [1.165, 1.54) is 14.2 Å². The summed E-state index contributed by atoms with van der Waals surface area (Å²) in [4.78, 5) is 41.3. The first kappa shape index (κ1) is 18.6. The van der Waals surface area contributed by atoms with E-state index >= 15 is 0 Å². The second-order valence-corrected chi connectivity index (χ2v) is 6.78. The zero-order valence-electron chi connectivity index (χ0n) is 15.2. The number of pyridine rings is 1. The van der Waals surface area contributed by atoms with Crippen molar-refractivity contribution in [3.05, 3.63) is 51.8 Å². The molecule has 1 N–H and O–H groups in total. The molecule has 0 radical (unpaired) electrons. The highest BCUT2D eigenvalue weighted by atomic mass is 32.1. The van der Waals surface area contributed by atoms with Crippen molar-refractivity contribution in [1.82, 2.24) is 9.38 Å². The Balaban J connectivity index is 1.98. The summed E-state index contributed by atoms with van der Waals surface area (Å²) < 4.78 is 11.3. The third-order valence-corrected chi connectivity index (χ3v) is 5.16. The summed E-state index contributed by atoms with van der Waals surface area (Å²) in [5.74, 6) is -1.66. The number of amides is 1. The van der Waals surface area contributed by atoms with Crippen LogP contribution < -0.4 is 5.32 Å². The van der Waals surface area contributed by atoms with E-state index in [2.05, 4.69) is 10.3 Å². The number of thiophene rings is 1. The van der Waals surface area contributed by atoms with E-state index in [1.807, 2.05) is 13.1 Å². The van der Waals surface area contributed by atoms with E-state index in [9.17, 15) is 14.4 Å². The molecule has 0 saturated heterocycles. The summed E-state index contributed by atoms with van der Waals surface area (Å²) in [7, 11) is 2.48. The van der Waals surface area contributed by atoms with Crippen LogP contribution in [0.3, 0.4) is 0 Å². The number of ether oxygens (including phenoxy) is 2. The van der Waals surface area contributed by atoms with Crippen molar-refractivity contribution in [2.45, 2.75) is 13.8 Å². The SMILES string of the molecule is COC(=O)c1sc(NC(=O)c2ccn3cc(C)nc3c2)c(C(=O)OC)c1C. The first-order chi connectivity index (χ1) is 12.8. The van der Waals surface area contributed by atoms with Gasteiger partial charge in [-0.3, -0.25) is 4.79 Å². The molecule has 0 saturated carbocycles. The molecular formula is C18H17N3O5S. The summed E-state index contributed by atoms with van der Waals surface area (Å²) in [5, 5.41) is 2.91. The van der Waals surface area contributed by atoms with Crippen molar-refractivity contribution in [3.63, 3.8) is 0 Å². The van der Waals surface area contributed by atoms with Gasteiger partial charge in [0, 0.05) is 18.0 Å². The Kier molecular flexibility index (Phi) is 4.95. The first-order valence-electron chi connectivity index (χ1n) is 7.92. The highest BCUT2D eigenvalue weighted by molar-refractivity contribution is 7.18. The van der Waals surface area contributed by atoms with Gasteiger partial charge in [-0.05, 0) is 31.5 Å². The van der Waals surface area contributed by atoms with Gasteiger partial charge in [0.1, 0.15) is 15.5 Å². The maximum absolute atomic E-state index is 12.7. The fourth-order valence-electron chi connectivity index (χ4n) is 2.66. The van der Waals surface area contributed by atoms with Gasteiger partial charge in [-0.2, -0.15) is 0 Å². The molecule has 27 heavy (non-hydrogen) atoms. The van der Waals surface area contributed by atoms with E-state index in [0.717, 1.165) is 17.0 Å². The number of fused-ring (bicyclic) bond motifs is 1. The van der Waals surface area contributed by atoms with Gasteiger partial charge in [-0.15, -0.1) is 11.3 Å². The Labute approximate surface area is 158 Å². The van der Waals surface area contributed by atoms with Crippen LogP contribution in [0.4, 0.5) is 5.00 Å². The average molecular weight is 387 g/mol. The molecule has 0 bridgehead atoms. The molecule has 9 heteroatoms. The maximum atomic E-state index is 12.7. The van der Waals surface area contributed by atoms with Crippen LogP contribution in [0.1, 0.15) is 41.6 Å². The molecule has 0 aliphatic rings. The van der Waals surface area contributed by atoms with Crippen LogP contribution in [-0.4, -0.2) is 41.5 Å². The monoisotopic (exact) mass is 387 g/mol. The number of hydrogen-bond acceptors (Lipinski definition) is 7. The van der Waals surface area contributed by atoms with Gasteiger partial charge in [0.2, 0.25) is 0 Å². The van der Waals surface area contributed by atoms with E-state index in [4.69, 9.17) is 9.47 Å². The molecule has 0 aliphatic heterocycles. The Hall–Kier alpha value is -3.20. The lowest BCUT2D eigenvalue weighted by Gasteiger charge is -2.06. The quantitative estimate of drug-likeness (QED) is 0.691. The zero-order valence-corrected chi connectivity index (χ0v) is 16.0. The van der Waals surface area contributed by atoms with Crippen molar-refractivity contribution in [1.29, 1.82) is 0 Å². The zero-order chi connectivity index (χ0) is 19.7. The van der Waals surface area contributed by atoms with Crippen molar-refractivity contribution < 1.29 is 23.9 Å². The number of rotatable bonds is 4. The average Bonchev–Trinajstić information content (AvgIpc) is 3.18. The van der Waals surface area contributed by atoms with Crippen molar-refractivity contribution in [3.8, 4) is 0 Å². The summed E-state index contributed by atoms with van der Waals surface area (Å²) in [5.41, 5.74) is 2.36. The maximum Gasteiger partial charge on any atom is 0.348 e. The molecule has 3 aromatic rings. The van der Waals surface area contributed by atoms with Crippen LogP contribution >= 0.6 is 11.3 Å². The van der Waals surface area contributed by atoms with Crippen molar-refractivity contribution in [2.24, 2.45) is 0 Å². The molecular weight excluding hydrogens is 370 g/mol.